The van der Waals surface area contributed by atoms with Crippen LogP contribution >= 0.6 is 0 Å². The number of primary amides is 1. The van der Waals surface area contributed by atoms with Gasteiger partial charge < -0.3 is 10.6 Å². The number of fused-ring (bicyclic) bond motifs is 1. The van der Waals surface area contributed by atoms with E-state index in [-0.39, 0.29) is 12.5 Å². The maximum atomic E-state index is 12.0. The first kappa shape index (κ1) is 10.7. The number of aryl methyl sites for hydroxylation is 1. The summed E-state index contributed by atoms with van der Waals surface area (Å²) < 4.78 is 0. The average molecular weight is 218 g/mol. The van der Waals surface area contributed by atoms with Crippen molar-refractivity contribution < 1.29 is 9.59 Å². The third kappa shape index (κ3) is 1.91. The van der Waals surface area contributed by atoms with E-state index in [1.807, 2.05) is 25.1 Å². The number of carbonyl (C=O) groups excluding carboxylic acids is 2. The summed E-state index contributed by atoms with van der Waals surface area (Å²) >= 11 is 0. The highest BCUT2D eigenvalue weighted by molar-refractivity contribution is 5.98. The fourth-order valence-electron chi connectivity index (χ4n) is 2.00. The maximum absolute atomic E-state index is 12.0. The highest BCUT2D eigenvalue weighted by Gasteiger charge is 2.24. The Morgan fingerprint density at radius 3 is 2.94 bits per heavy atom. The molecule has 0 bridgehead atoms. The summed E-state index contributed by atoms with van der Waals surface area (Å²) in [7, 11) is 0. The minimum Gasteiger partial charge on any atom is -0.368 e. The third-order valence-corrected chi connectivity index (χ3v) is 2.78. The van der Waals surface area contributed by atoms with Gasteiger partial charge in [-0.1, -0.05) is 17.7 Å². The molecule has 1 aliphatic rings. The molecule has 4 nitrogen and oxygen atoms in total. The van der Waals surface area contributed by atoms with Gasteiger partial charge in [-0.15, -0.1) is 0 Å². The molecule has 2 N–H and O–H groups in total. The van der Waals surface area contributed by atoms with Crippen molar-refractivity contribution >= 4 is 11.8 Å². The van der Waals surface area contributed by atoms with Gasteiger partial charge in [0.1, 0.15) is 0 Å². The fourth-order valence-corrected chi connectivity index (χ4v) is 2.00. The topological polar surface area (TPSA) is 63.4 Å². The maximum Gasteiger partial charge on any atom is 0.254 e. The second-order valence-corrected chi connectivity index (χ2v) is 4.10. The first-order valence-electron chi connectivity index (χ1n) is 5.25. The molecule has 0 fully saturated rings. The molecule has 0 atom stereocenters. The summed E-state index contributed by atoms with van der Waals surface area (Å²) in [5.74, 6) is -0.566. The van der Waals surface area contributed by atoms with Crippen molar-refractivity contribution in [3.63, 3.8) is 0 Å². The van der Waals surface area contributed by atoms with Crippen LogP contribution in [0.2, 0.25) is 0 Å². The van der Waals surface area contributed by atoms with Crippen LogP contribution < -0.4 is 5.73 Å². The second kappa shape index (κ2) is 3.96. The van der Waals surface area contributed by atoms with Gasteiger partial charge in [0.15, 0.2) is 0 Å². The Balaban J connectivity index is 2.29. The van der Waals surface area contributed by atoms with Gasteiger partial charge in [-0.25, -0.2) is 0 Å². The zero-order valence-electron chi connectivity index (χ0n) is 9.19. The first-order valence-corrected chi connectivity index (χ1v) is 5.25. The number of hydrogen-bond acceptors (Lipinski definition) is 2. The number of nitrogens with zero attached hydrogens (tertiary/aromatic N) is 1. The van der Waals surface area contributed by atoms with Crippen molar-refractivity contribution in [1.82, 2.24) is 4.90 Å². The Morgan fingerprint density at radius 1 is 1.50 bits per heavy atom. The Bertz CT molecular complexity index is 454. The molecular formula is C12H14N2O2. The number of amides is 2. The van der Waals surface area contributed by atoms with Crippen molar-refractivity contribution in [2.75, 3.05) is 13.1 Å². The minimum absolute atomic E-state index is 0.00610. The van der Waals surface area contributed by atoms with Gasteiger partial charge >= 0.3 is 0 Å². The lowest BCUT2D eigenvalue weighted by Gasteiger charge is -2.27. The van der Waals surface area contributed by atoms with Gasteiger partial charge in [-0.05, 0) is 25.0 Å². The molecule has 0 radical (unpaired) electrons. The van der Waals surface area contributed by atoms with Gasteiger partial charge in [0.25, 0.3) is 5.91 Å². The quantitative estimate of drug-likeness (QED) is 0.784. The van der Waals surface area contributed by atoms with E-state index in [9.17, 15) is 9.59 Å². The van der Waals surface area contributed by atoms with Gasteiger partial charge in [0.2, 0.25) is 5.91 Å². The van der Waals surface area contributed by atoms with E-state index in [0.29, 0.717) is 12.1 Å². The molecule has 16 heavy (non-hydrogen) atoms. The molecule has 0 aromatic heterocycles. The molecule has 0 saturated carbocycles. The lowest BCUT2D eigenvalue weighted by molar-refractivity contribution is -0.118. The molecule has 0 spiro atoms. The van der Waals surface area contributed by atoms with E-state index in [0.717, 1.165) is 17.5 Å². The van der Waals surface area contributed by atoms with Crippen LogP contribution in [0, 0.1) is 6.92 Å². The third-order valence-electron chi connectivity index (χ3n) is 2.78. The van der Waals surface area contributed by atoms with Crippen molar-refractivity contribution in [3.8, 4) is 0 Å². The predicted octanol–water partition coefficient (Wildman–Crippen LogP) is 0.479. The molecule has 4 heteroatoms. The number of nitrogens with two attached hydrogens (primary N) is 1. The Kier molecular flexibility index (Phi) is 2.64. The highest BCUT2D eigenvalue weighted by Crippen LogP contribution is 2.19. The van der Waals surface area contributed by atoms with Crippen molar-refractivity contribution in [1.29, 1.82) is 0 Å². The number of hydrogen-bond donors (Lipinski definition) is 1. The molecule has 2 rings (SSSR count). The number of benzene rings is 1. The highest BCUT2D eigenvalue weighted by atomic mass is 16.2. The summed E-state index contributed by atoms with van der Waals surface area (Å²) in [5, 5.41) is 0. The molecule has 0 unspecified atom stereocenters. The van der Waals surface area contributed by atoms with Gasteiger partial charge in [-0.3, -0.25) is 9.59 Å². The normalized spacial score (nSPS) is 14.8. The molecule has 1 aromatic carbocycles. The van der Waals surface area contributed by atoms with E-state index >= 15 is 0 Å². The van der Waals surface area contributed by atoms with Gasteiger partial charge in [0, 0.05) is 12.1 Å². The molecule has 1 aliphatic heterocycles. The van der Waals surface area contributed by atoms with Crippen LogP contribution in [0.4, 0.5) is 0 Å². The van der Waals surface area contributed by atoms with Gasteiger partial charge in [-0.2, -0.15) is 0 Å². The monoisotopic (exact) mass is 218 g/mol. The predicted molar refractivity (Wildman–Crippen MR) is 60.0 cm³/mol. The standard InChI is InChI=1S/C12H14N2O2/c1-8-2-3-10-9(6-8)4-5-14(12(10)16)7-11(13)15/h2-3,6H,4-5,7H2,1H3,(H2,13,15). The first-order chi connectivity index (χ1) is 7.58. The van der Waals surface area contributed by atoms with Crippen LogP contribution in [-0.2, 0) is 11.2 Å². The molecule has 0 aliphatic carbocycles. The Morgan fingerprint density at radius 2 is 2.25 bits per heavy atom. The van der Waals surface area contributed by atoms with E-state index < -0.39 is 5.91 Å². The lowest BCUT2D eigenvalue weighted by atomic mass is 9.97. The van der Waals surface area contributed by atoms with E-state index in [2.05, 4.69) is 0 Å². The molecular weight excluding hydrogens is 204 g/mol. The van der Waals surface area contributed by atoms with Crippen LogP contribution in [-0.4, -0.2) is 29.8 Å². The zero-order chi connectivity index (χ0) is 11.7. The lowest BCUT2D eigenvalue weighted by Crippen LogP contribution is -2.42. The second-order valence-electron chi connectivity index (χ2n) is 4.10. The summed E-state index contributed by atoms with van der Waals surface area (Å²) in [6, 6.07) is 5.75. The van der Waals surface area contributed by atoms with Crippen molar-refractivity contribution in [3.05, 3.63) is 34.9 Å². The van der Waals surface area contributed by atoms with E-state index in [1.165, 1.54) is 4.90 Å². The number of rotatable bonds is 2. The van der Waals surface area contributed by atoms with Crippen LogP contribution in [0.25, 0.3) is 0 Å². The summed E-state index contributed by atoms with van der Waals surface area (Å²) in [6.45, 7) is 2.57. The molecule has 1 heterocycles. The van der Waals surface area contributed by atoms with Crippen LogP contribution in [0.5, 0.6) is 0 Å². The minimum atomic E-state index is -0.469. The smallest absolute Gasteiger partial charge is 0.254 e. The fraction of sp³-hybridized carbons (Fsp3) is 0.333. The average Bonchev–Trinajstić information content (AvgIpc) is 2.22. The summed E-state index contributed by atoms with van der Waals surface area (Å²) in [5.41, 5.74) is 8.00. The number of carbonyl (C=O) groups is 2. The largest absolute Gasteiger partial charge is 0.368 e. The van der Waals surface area contributed by atoms with Gasteiger partial charge in [0.05, 0.1) is 6.54 Å². The van der Waals surface area contributed by atoms with Crippen LogP contribution in [0.15, 0.2) is 18.2 Å². The Labute approximate surface area is 94.0 Å². The summed E-state index contributed by atoms with van der Waals surface area (Å²) in [4.78, 5) is 24.3. The van der Waals surface area contributed by atoms with Crippen LogP contribution in [0.1, 0.15) is 21.5 Å². The van der Waals surface area contributed by atoms with E-state index in [4.69, 9.17) is 5.73 Å². The van der Waals surface area contributed by atoms with Crippen molar-refractivity contribution in [2.24, 2.45) is 5.73 Å². The SMILES string of the molecule is Cc1ccc2c(c1)CCN(CC(N)=O)C2=O. The molecule has 2 amide bonds. The van der Waals surface area contributed by atoms with E-state index in [1.54, 1.807) is 0 Å². The molecule has 0 saturated heterocycles. The summed E-state index contributed by atoms with van der Waals surface area (Å²) in [6.07, 6.45) is 0.788. The Hall–Kier alpha value is -1.84. The van der Waals surface area contributed by atoms with Crippen LogP contribution in [0.3, 0.4) is 0 Å². The van der Waals surface area contributed by atoms with Crippen molar-refractivity contribution in [2.45, 2.75) is 13.3 Å². The molecule has 84 valence electrons. The molecule has 1 aromatic rings. The zero-order valence-corrected chi connectivity index (χ0v) is 9.19.